The van der Waals surface area contributed by atoms with Gasteiger partial charge in [0, 0.05) is 17.6 Å². The summed E-state index contributed by atoms with van der Waals surface area (Å²) in [6.45, 7) is 1.13. The number of nitrogens with one attached hydrogen (secondary N) is 1. The number of thiophene rings is 1. The molecule has 2 heterocycles. The molecule has 0 bridgehead atoms. The number of ether oxygens (including phenoxy) is 2. The molecule has 2 aromatic rings. The van der Waals surface area contributed by atoms with Crippen LogP contribution in [-0.4, -0.2) is 6.79 Å². The molecule has 1 aliphatic heterocycles. The second kappa shape index (κ2) is 4.06. The van der Waals surface area contributed by atoms with Gasteiger partial charge in [-0.25, -0.2) is 0 Å². The summed E-state index contributed by atoms with van der Waals surface area (Å²) >= 11 is 1.69. The van der Waals surface area contributed by atoms with Crippen molar-refractivity contribution in [3.05, 3.63) is 40.6 Å². The van der Waals surface area contributed by atoms with Gasteiger partial charge in [-0.3, -0.25) is 0 Å². The fourth-order valence-corrected chi connectivity index (χ4v) is 2.23. The molecule has 82 valence electrons. The van der Waals surface area contributed by atoms with E-state index in [0.717, 1.165) is 23.7 Å². The lowest BCUT2D eigenvalue weighted by Gasteiger charge is -2.05. The van der Waals surface area contributed by atoms with Crippen LogP contribution in [-0.2, 0) is 6.54 Å². The highest BCUT2D eigenvalue weighted by molar-refractivity contribution is 7.08. The van der Waals surface area contributed by atoms with Crippen LogP contribution in [0.5, 0.6) is 11.5 Å². The van der Waals surface area contributed by atoms with Gasteiger partial charge >= 0.3 is 0 Å². The van der Waals surface area contributed by atoms with E-state index < -0.39 is 0 Å². The van der Waals surface area contributed by atoms with Crippen molar-refractivity contribution < 1.29 is 9.47 Å². The van der Waals surface area contributed by atoms with E-state index in [0.29, 0.717) is 6.79 Å². The summed E-state index contributed by atoms with van der Waals surface area (Å²) in [5.41, 5.74) is 2.35. The van der Waals surface area contributed by atoms with Gasteiger partial charge in [0.05, 0.1) is 0 Å². The predicted molar refractivity (Wildman–Crippen MR) is 64.2 cm³/mol. The molecule has 0 amide bonds. The zero-order valence-electron chi connectivity index (χ0n) is 8.60. The lowest BCUT2D eigenvalue weighted by atomic mass is 10.2. The molecule has 0 radical (unpaired) electrons. The van der Waals surface area contributed by atoms with Gasteiger partial charge in [0.25, 0.3) is 0 Å². The van der Waals surface area contributed by atoms with Crippen LogP contribution in [0.1, 0.15) is 5.56 Å². The Balaban J connectivity index is 1.71. The monoisotopic (exact) mass is 233 g/mol. The van der Waals surface area contributed by atoms with Gasteiger partial charge in [0.1, 0.15) is 0 Å². The van der Waals surface area contributed by atoms with E-state index in [1.165, 1.54) is 5.56 Å². The number of hydrogen-bond donors (Lipinski definition) is 1. The second-order valence-corrected chi connectivity index (χ2v) is 4.33. The van der Waals surface area contributed by atoms with Gasteiger partial charge in [-0.1, -0.05) is 6.07 Å². The Kier molecular flexibility index (Phi) is 2.42. The topological polar surface area (TPSA) is 30.5 Å². The van der Waals surface area contributed by atoms with E-state index >= 15 is 0 Å². The van der Waals surface area contributed by atoms with Gasteiger partial charge in [0.15, 0.2) is 11.5 Å². The first kappa shape index (κ1) is 9.54. The van der Waals surface area contributed by atoms with Crippen LogP contribution >= 0.6 is 11.3 Å². The maximum Gasteiger partial charge on any atom is 0.231 e. The molecule has 0 fully saturated rings. The largest absolute Gasteiger partial charge is 0.454 e. The predicted octanol–water partition coefficient (Wildman–Crippen LogP) is 3.09. The van der Waals surface area contributed by atoms with Crippen LogP contribution in [0.3, 0.4) is 0 Å². The van der Waals surface area contributed by atoms with E-state index in [2.05, 4.69) is 22.1 Å². The lowest BCUT2D eigenvalue weighted by molar-refractivity contribution is 0.174. The molecule has 0 atom stereocenters. The number of hydrogen-bond acceptors (Lipinski definition) is 4. The van der Waals surface area contributed by atoms with Gasteiger partial charge in [0.2, 0.25) is 6.79 Å². The van der Waals surface area contributed by atoms with Crippen molar-refractivity contribution in [1.82, 2.24) is 0 Å². The van der Waals surface area contributed by atoms with Crippen molar-refractivity contribution >= 4 is 17.0 Å². The number of benzene rings is 1. The summed E-state index contributed by atoms with van der Waals surface area (Å²) in [6.07, 6.45) is 0. The van der Waals surface area contributed by atoms with Crippen molar-refractivity contribution in [1.29, 1.82) is 0 Å². The minimum absolute atomic E-state index is 0.330. The number of anilines is 1. The fourth-order valence-electron chi connectivity index (χ4n) is 1.62. The molecule has 1 aromatic heterocycles. The van der Waals surface area contributed by atoms with Crippen molar-refractivity contribution in [2.24, 2.45) is 0 Å². The molecule has 0 saturated carbocycles. The summed E-state index contributed by atoms with van der Waals surface area (Å²) < 4.78 is 10.6. The Morgan fingerprint density at radius 1 is 1.19 bits per heavy atom. The molecule has 1 N–H and O–H groups in total. The zero-order chi connectivity index (χ0) is 10.8. The van der Waals surface area contributed by atoms with E-state index in [1.54, 1.807) is 11.3 Å². The lowest BCUT2D eigenvalue weighted by Crippen LogP contribution is -1.97. The summed E-state index contributed by atoms with van der Waals surface area (Å²) in [4.78, 5) is 0. The maximum absolute atomic E-state index is 5.33. The van der Waals surface area contributed by atoms with Gasteiger partial charge in [-0.15, -0.1) is 0 Å². The average molecular weight is 233 g/mol. The third-order valence-corrected chi connectivity index (χ3v) is 3.14. The molecule has 1 aliphatic rings. The minimum atomic E-state index is 0.330. The normalized spacial score (nSPS) is 12.8. The Labute approximate surface area is 97.6 Å². The standard InChI is InChI=1S/C12H11NO2S/c1-2-11-12(15-8-14-11)5-9(1)6-13-10-3-4-16-7-10/h1-5,7,13H,6,8H2. The van der Waals surface area contributed by atoms with Crippen LogP contribution in [0.2, 0.25) is 0 Å². The van der Waals surface area contributed by atoms with E-state index in [4.69, 9.17) is 9.47 Å². The van der Waals surface area contributed by atoms with Crippen LogP contribution in [0.4, 0.5) is 5.69 Å². The van der Waals surface area contributed by atoms with Gasteiger partial charge in [-0.2, -0.15) is 11.3 Å². The molecule has 0 spiro atoms. The smallest absolute Gasteiger partial charge is 0.231 e. The molecule has 1 aromatic carbocycles. The molecular formula is C12H11NO2S. The first-order chi connectivity index (χ1) is 7.92. The SMILES string of the molecule is c1cc(NCc2ccc3c(c2)OCO3)cs1. The third kappa shape index (κ3) is 1.84. The van der Waals surface area contributed by atoms with Crippen molar-refractivity contribution in [2.75, 3.05) is 12.1 Å². The minimum Gasteiger partial charge on any atom is -0.454 e. The first-order valence-electron chi connectivity index (χ1n) is 5.06. The molecular weight excluding hydrogens is 222 g/mol. The summed E-state index contributed by atoms with van der Waals surface area (Å²) in [5, 5.41) is 7.49. The molecule has 4 heteroatoms. The van der Waals surface area contributed by atoms with Gasteiger partial charge in [-0.05, 0) is 29.1 Å². The van der Waals surface area contributed by atoms with Crippen LogP contribution < -0.4 is 14.8 Å². The number of fused-ring (bicyclic) bond motifs is 1. The van der Waals surface area contributed by atoms with Crippen molar-refractivity contribution in [3.63, 3.8) is 0 Å². The Morgan fingerprint density at radius 2 is 2.12 bits per heavy atom. The summed E-state index contributed by atoms with van der Waals surface area (Å²) in [5.74, 6) is 1.67. The van der Waals surface area contributed by atoms with Gasteiger partial charge < -0.3 is 14.8 Å². The molecule has 3 nitrogen and oxygen atoms in total. The van der Waals surface area contributed by atoms with Crippen LogP contribution in [0.15, 0.2) is 35.0 Å². The Bertz CT molecular complexity index is 482. The van der Waals surface area contributed by atoms with Crippen molar-refractivity contribution in [2.45, 2.75) is 6.54 Å². The van der Waals surface area contributed by atoms with E-state index in [1.807, 2.05) is 18.2 Å². The third-order valence-electron chi connectivity index (χ3n) is 2.45. The Hall–Kier alpha value is -1.68. The zero-order valence-corrected chi connectivity index (χ0v) is 9.42. The fraction of sp³-hybridized carbons (Fsp3) is 0.167. The Morgan fingerprint density at radius 3 is 3.00 bits per heavy atom. The highest BCUT2D eigenvalue weighted by Gasteiger charge is 2.12. The van der Waals surface area contributed by atoms with Crippen LogP contribution in [0.25, 0.3) is 0 Å². The molecule has 16 heavy (non-hydrogen) atoms. The summed E-state index contributed by atoms with van der Waals surface area (Å²) in [7, 11) is 0. The molecule has 0 saturated heterocycles. The average Bonchev–Trinajstić information content (AvgIpc) is 2.97. The van der Waals surface area contributed by atoms with E-state index in [9.17, 15) is 0 Å². The first-order valence-corrected chi connectivity index (χ1v) is 6.01. The summed E-state index contributed by atoms with van der Waals surface area (Å²) in [6, 6.07) is 8.08. The van der Waals surface area contributed by atoms with Crippen LogP contribution in [0, 0.1) is 0 Å². The van der Waals surface area contributed by atoms with E-state index in [-0.39, 0.29) is 0 Å². The quantitative estimate of drug-likeness (QED) is 0.883. The second-order valence-electron chi connectivity index (χ2n) is 3.55. The highest BCUT2D eigenvalue weighted by atomic mass is 32.1. The highest BCUT2D eigenvalue weighted by Crippen LogP contribution is 2.32. The van der Waals surface area contributed by atoms with Crippen molar-refractivity contribution in [3.8, 4) is 11.5 Å². The number of rotatable bonds is 3. The maximum atomic E-state index is 5.33. The molecule has 3 rings (SSSR count). The molecule has 0 unspecified atom stereocenters. The molecule has 0 aliphatic carbocycles.